The molecule has 0 saturated heterocycles. The minimum Gasteiger partial charge on any atom is -0.359 e. The number of amides is 1. The van der Waals surface area contributed by atoms with Crippen molar-refractivity contribution in [3.8, 4) is 0 Å². The molecule has 1 aliphatic heterocycles. The van der Waals surface area contributed by atoms with Crippen molar-refractivity contribution < 1.29 is 9.18 Å². The Kier molecular flexibility index (Phi) is 4.06. The van der Waals surface area contributed by atoms with Gasteiger partial charge in [-0.2, -0.15) is 0 Å². The molecule has 5 heteroatoms. The minimum atomic E-state index is -0.325. The zero-order chi connectivity index (χ0) is 17.2. The molecule has 4 nitrogen and oxygen atoms in total. The van der Waals surface area contributed by atoms with E-state index in [0.29, 0.717) is 18.7 Å². The second-order valence-electron chi connectivity index (χ2n) is 6.19. The largest absolute Gasteiger partial charge is 0.359 e. The molecule has 0 spiro atoms. The molecule has 0 aliphatic carbocycles. The van der Waals surface area contributed by atoms with Crippen LogP contribution in [0.4, 0.5) is 4.39 Å². The third kappa shape index (κ3) is 3.05. The summed E-state index contributed by atoms with van der Waals surface area (Å²) in [5.41, 5.74) is 4.70. The predicted molar refractivity (Wildman–Crippen MR) is 95.4 cm³/mol. The lowest BCUT2D eigenvalue weighted by Gasteiger charge is -2.26. The number of hydrogen-bond acceptors (Lipinski definition) is 2. The number of benzene rings is 1. The predicted octanol–water partition coefficient (Wildman–Crippen LogP) is 3.56. The maximum atomic E-state index is 13.7. The first-order valence-electron chi connectivity index (χ1n) is 8.35. The number of rotatable bonds is 3. The molecule has 2 aromatic heterocycles. The molecular weight excluding hydrogens is 317 g/mol. The van der Waals surface area contributed by atoms with E-state index in [9.17, 15) is 9.18 Å². The zero-order valence-corrected chi connectivity index (χ0v) is 13.7. The maximum absolute atomic E-state index is 13.7. The Morgan fingerprint density at radius 1 is 1.24 bits per heavy atom. The van der Waals surface area contributed by atoms with E-state index < -0.39 is 0 Å². The summed E-state index contributed by atoms with van der Waals surface area (Å²) in [6.45, 7) is 1.18. The maximum Gasteiger partial charge on any atom is 0.227 e. The monoisotopic (exact) mass is 335 g/mol. The van der Waals surface area contributed by atoms with Gasteiger partial charge in [0.2, 0.25) is 5.91 Å². The summed E-state index contributed by atoms with van der Waals surface area (Å²) in [7, 11) is 0. The highest BCUT2D eigenvalue weighted by molar-refractivity contribution is 5.90. The first kappa shape index (κ1) is 15.6. The lowest BCUT2D eigenvalue weighted by molar-refractivity contribution is -0.130. The number of fused-ring (bicyclic) bond motifs is 1. The quantitative estimate of drug-likeness (QED) is 0.795. The molecule has 0 atom stereocenters. The van der Waals surface area contributed by atoms with Crippen LogP contribution in [0.2, 0.25) is 0 Å². The number of pyridine rings is 1. The van der Waals surface area contributed by atoms with Gasteiger partial charge in [0.05, 0.1) is 17.5 Å². The van der Waals surface area contributed by atoms with Crippen LogP contribution in [-0.4, -0.2) is 33.9 Å². The third-order valence-electron chi connectivity index (χ3n) is 4.64. The summed E-state index contributed by atoms with van der Waals surface area (Å²) in [6.07, 6.45) is 6.70. The number of hydrogen-bond donors (Lipinski definition) is 1. The minimum absolute atomic E-state index is 0.0440. The second-order valence-corrected chi connectivity index (χ2v) is 6.19. The summed E-state index contributed by atoms with van der Waals surface area (Å²) >= 11 is 0. The van der Waals surface area contributed by atoms with Crippen molar-refractivity contribution in [2.45, 2.75) is 12.8 Å². The van der Waals surface area contributed by atoms with E-state index in [1.165, 1.54) is 11.6 Å². The van der Waals surface area contributed by atoms with E-state index in [2.05, 4.69) is 16.0 Å². The summed E-state index contributed by atoms with van der Waals surface area (Å²) in [5.74, 6) is -0.369. The van der Waals surface area contributed by atoms with Crippen LogP contribution in [0, 0.1) is 5.82 Å². The number of nitrogens with one attached hydrogen (secondary N) is 1. The molecule has 0 radical (unpaired) electrons. The number of carbonyl (C=O) groups is 1. The standard InChI is InChI=1S/C20H18FN3O/c21-17-5-2-1-4-15(17)12-19(25)24-10-7-14(8-11-24)16-13-23-18-6-3-9-22-20(16)18/h1-7,9,13,23H,8,10-12H2. The van der Waals surface area contributed by atoms with Crippen LogP contribution in [0.15, 0.2) is 54.9 Å². The highest BCUT2D eigenvalue weighted by atomic mass is 19.1. The number of carbonyl (C=O) groups excluding carboxylic acids is 1. The molecular formula is C20H18FN3O. The van der Waals surface area contributed by atoms with Crippen molar-refractivity contribution in [3.05, 3.63) is 71.8 Å². The van der Waals surface area contributed by atoms with Gasteiger partial charge in [0.25, 0.3) is 0 Å². The van der Waals surface area contributed by atoms with Gasteiger partial charge in [-0.15, -0.1) is 0 Å². The van der Waals surface area contributed by atoms with Gasteiger partial charge in [-0.05, 0) is 35.8 Å². The van der Waals surface area contributed by atoms with Crippen LogP contribution in [0.1, 0.15) is 17.5 Å². The highest BCUT2D eigenvalue weighted by Crippen LogP contribution is 2.28. The van der Waals surface area contributed by atoms with Gasteiger partial charge in [-0.1, -0.05) is 24.3 Å². The molecule has 4 rings (SSSR count). The van der Waals surface area contributed by atoms with Crippen LogP contribution in [-0.2, 0) is 11.2 Å². The van der Waals surface area contributed by atoms with Crippen LogP contribution < -0.4 is 0 Å². The molecule has 3 aromatic rings. The summed E-state index contributed by atoms with van der Waals surface area (Å²) < 4.78 is 13.7. The summed E-state index contributed by atoms with van der Waals surface area (Å²) in [5, 5.41) is 0. The fourth-order valence-corrected chi connectivity index (χ4v) is 3.26. The third-order valence-corrected chi connectivity index (χ3v) is 4.64. The highest BCUT2D eigenvalue weighted by Gasteiger charge is 2.20. The van der Waals surface area contributed by atoms with Crippen molar-refractivity contribution in [2.75, 3.05) is 13.1 Å². The average Bonchev–Trinajstić information content (AvgIpc) is 3.08. The molecule has 126 valence electrons. The Hall–Kier alpha value is -2.95. The summed E-state index contributed by atoms with van der Waals surface area (Å²) in [4.78, 5) is 21.9. The van der Waals surface area contributed by atoms with Crippen molar-refractivity contribution >= 4 is 22.5 Å². The van der Waals surface area contributed by atoms with Gasteiger partial charge in [0.15, 0.2) is 0 Å². The first-order valence-corrected chi connectivity index (χ1v) is 8.35. The van der Waals surface area contributed by atoms with Crippen LogP contribution in [0.3, 0.4) is 0 Å². The normalized spacial score (nSPS) is 14.6. The fourth-order valence-electron chi connectivity index (χ4n) is 3.26. The second kappa shape index (κ2) is 6.51. The number of nitrogens with zero attached hydrogens (tertiary/aromatic N) is 2. The number of aromatic nitrogens is 2. The fraction of sp³-hybridized carbons (Fsp3) is 0.200. The first-order chi connectivity index (χ1) is 12.2. The van der Waals surface area contributed by atoms with Crippen molar-refractivity contribution in [3.63, 3.8) is 0 Å². The molecule has 3 heterocycles. The van der Waals surface area contributed by atoms with E-state index in [1.807, 2.05) is 18.3 Å². The molecule has 25 heavy (non-hydrogen) atoms. The molecule has 1 N–H and O–H groups in total. The van der Waals surface area contributed by atoms with Gasteiger partial charge in [-0.3, -0.25) is 9.78 Å². The average molecular weight is 335 g/mol. The molecule has 1 aliphatic rings. The van der Waals surface area contributed by atoms with Gasteiger partial charge >= 0.3 is 0 Å². The van der Waals surface area contributed by atoms with Crippen molar-refractivity contribution in [1.82, 2.24) is 14.9 Å². The van der Waals surface area contributed by atoms with E-state index >= 15 is 0 Å². The van der Waals surface area contributed by atoms with E-state index in [-0.39, 0.29) is 18.1 Å². The number of halogens is 1. The smallest absolute Gasteiger partial charge is 0.227 e. The molecule has 0 saturated carbocycles. The van der Waals surface area contributed by atoms with Gasteiger partial charge < -0.3 is 9.88 Å². The Bertz CT molecular complexity index is 960. The van der Waals surface area contributed by atoms with E-state index in [1.54, 1.807) is 29.3 Å². The number of aromatic amines is 1. The zero-order valence-electron chi connectivity index (χ0n) is 13.7. The van der Waals surface area contributed by atoms with Gasteiger partial charge in [0.1, 0.15) is 5.82 Å². The number of H-pyrrole nitrogens is 1. The van der Waals surface area contributed by atoms with E-state index in [0.717, 1.165) is 23.0 Å². The molecule has 0 fully saturated rings. The van der Waals surface area contributed by atoms with Crippen molar-refractivity contribution in [2.24, 2.45) is 0 Å². The van der Waals surface area contributed by atoms with Crippen molar-refractivity contribution in [1.29, 1.82) is 0 Å². The van der Waals surface area contributed by atoms with Gasteiger partial charge in [-0.25, -0.2) is 4.39 Å². The van der Waals surface area contributed by atoms with Gasteiger partial charge in [0, 0.05) is 31.0 Å². The van der Waals surface area contributed by atoms with E-state index in [4.69, 9.17) is 0 Å². The Labute approximate surface area is 145 Å². The Morgan fingerprint density at radius 3 is 2.92 bits per heavy atom. The van der Waals surface area contributed by atoms with Crippen LogP contribution in [0.25, 0.3) is 16.6 Å². The van der Waals surface area contributed by atoms with Crippen LogP contribution >= 0.6 is 0 Å². The topological polar surface area (TPSA) is 49.0 Å². The molecule has 1 aromatic carbocycles. The molecule has 0 unspecified atom stereocenters. The Balaban J connectivity index is 1.48. The summed E-state index contributed by atoms with van der Waals surface area (Å²) in [6, 6.07) is 10.3. The molecule has 0 bridgehead atoms. The van der Waals surface area contributed by atoms with Crippen LogP contribution in [0.5, 0.6) is 0 Å². The SMILES string of the molecule is O=C(Cc1ccccc1F)N1CC=C(c2c[nH]c3cccnc23)CC1. The lowest BCUT2D eigenvalue weighted by Crippen LogP contribution is -2.35. The lowest BCUT2D eigenvalue weighted by atomic mass is 10.0. The Morgan fingerprint density at radius 2 is 2.12 bits per heavy atom. The molecule has 1 amide bonds.